The average Bonchev–Trinajstić information content (AvgIpc) is 2.62. The number of morpholine rings is 1. The molecule has 152 valence electrons. The third-order valence-electron chi connectivity index (χ3n) is 4.57. The molecule has 8 heteroatoms. The number of ether oxygens (including phenoxy) is 3. The van der Waals surface area contributed by atoms with Gasteiger partial charge in [0.1, 0.15) is 18.2 Å². The fourth-order valence-electron chi connectivity index (χ4n) is 3.27. The van der Waals surface area contributed by atoms with Gasteiger partial charge < -0.3 is 14.2 Å². The van der Waals surface area contributed by atoms with Crippen molar-refractivity contribution in [3.8, 4) is 0 Å². The first-order chi connectivity index (χ1) is 13.2. The minimum absolute atomic E-state index is 0.0283. The summed E-state index contributed by atoms with van der Waals surface area (Å²) in [5.41, 5.74) is 0.201. The van der Waals surface area contributed by atoms with E-state index in [-0.39, 0.29) is 32.3 Å². The molecule has 2 aliphatic heterocycles. The molecule has 2 saturated heterocycles. The van der Waals surface area contributed by atoms with E-state index in [2.05, 4.69) is 0 Å². The molecule has 0 radical (unpaired) electrons. The number of carbonyl (C=O) groups is 3. The van der Waals surface area contributed by atoms with Crippen LogP contribution >= 0.6 is 0 Å². The van der Waals surface area contributed by atoms with Gasteiger partial charge in [-0.25, -0.2) is 9.69 Å². The molecule has 2 amide bonds. The van der Waals surface area contributed by atoms with Crippen LogP contribution in [0.5, 0.6) is 0 Å². The summed E-state index contributed by atoms with van der Waals surface area (Å²) < 4.78 is 16.1. The third-order valence-corrected chi connectivity index (χ3v) is 4.57. The molecule has 2 aliphatic rings. The highest BCUT2D eigenvalue weighted by Gasteiger charge is 2.47. The first-order valence-electron chi connectivity index (χ1n) is 9.32. The van der Waals surface area contributed by atoms with Crippen LogP contribution in [0.4, 0.5) is 4.79 Å². The first-order valence-corrected chi connectivity index (χ1v) is 9.32. The lowest BCUT2D eigenvalue weighted by Crippen LogP contribution is -2.69. The summed E-state index contributed by atoms with van der Waals surface area (Å²) in [7, 11) is 0. The van der Waals surface area contributed by atoms with E-state index in [4.69, 9.17) is 14.2 Å². The standard InChI is InChI=1S/C20H26N2O6/c1-20(2,3)28-19(25)22-9-15-12-26-13-16(18(22)24)21(15)10-17(23)27-11-14-7-5-4-6-8-14/h4-8,15-16H,9-13H2,1-3H3. The lowest BCUT2D eigenvalue weighted by molar-refractivity contribution is -0.165. The van der Waals surface area contributed by atoms with E-state index in [1.807, 2.05) is 30.3 Å². The maximum Gasteiger partial charge on any atom is 0.417 e. The second-order valence-electron chi connectivity index (χ2n) is 7.95. The van der Waals surface area contributed by atoms with Gasteiger partial charge in [-0.15, -0.1) is 0 Å². The van der Waals surface area contributed by atoms with Crippen LogP contribution in [0.1, 0.15) is 26.3 Å². The average molecular weight is 390 g/mol. The highest BCUT2D eigenvalue weighted by molar-refractivity contribution is 5.96. The van der Waals surface area contributed by atoms with E-state index in [1.165, 1.54) is 0 Å². The normalized spacial score (nSPS) is 22.7. The van der Waals surface area contributed by atoms with Crippen molar-refractivity contribution in [1.29, 1.82) is 0 Å². The van der Waals surface area contributed by atoms with Gasteiger partial charge in [-0.1, -0.05) is 30.3 Å². The highest BCUT2D eigenvalue weighted by Crippen LogP contribution is 2.24. The van der Waals surface area contributed by atoms with Crippen molar-refractivity contribution >= 4 is 18.0 Å². The summed E-state index contributed by atoms with van der Waals surface area (Å²) >= 11 is 0. The summed E-state index contributed by atoms with van der Waals surface area (Å²) in [6, 6.07) is 8.41. The maximum absolute atomic E-state index is 12.8. The number of hydrogen-bond acceptors (Lipinski definition) is 7. The SMILES string of the molecule is CC(C)(C)OC(=O)N1CC2COCC(C1=O)N2CC(=O)OCc1ccccc1. The van der Waals surface area contributed by atoms with Gasteiger partial charge >= 0.3 is 12.1 Å². The molecule has 2 fully saturated rings. The number of carbonyl (C=O) groups excluding carboxylic acids is 3. The van der Waals surface area contributed by atoms with Crippen LogP contribution in [0.15, 0.2) is 30.3 Å². The summed E-state index contributed by atoms with van der Waals surface area (Å²) in [6.45, 7) is 5.97. The molecule has 0 N–H and O–H groups in total. The van der Waals surface area contributed by atoms with Crippen molar-refractivity contribution in [1.82, 2.24) is 9.80 Å². The Labute approximate surface area is 164 Å². The molecule has 2 unspecified atom stereocenters. The summed E-state index contributed by atoms with van der Waals surface area (Å²) in [5, 5.41) is 0. The second kappa shape index (κ2) is 8.28. The largest absolute Gasteiger partial charge is 0.460 e. The molecule has 2 heterocycles. The van der Waals surface area contributed by atoms with Crippen LogP contribution in [0.25, 0.3) is 0 Å². The number of fused-ring (bicyclic) bond motifs is 2. The number of esters is 1. The first kappa shape index (κ1) is 20.3. The maximum atomic E-state index is 12.8. The topological polar surface area (TPSA) is 85.4 Å². The molecular formula is C20H26N2O6. The van der Waals surface area contributed by atoms with E-state index in [9.17, 15) is 14.4 Å². The molecule has 0 spiro atoms. The van der Waals surface area contributed by atoms with Crippen LogP contribution in [0, 0.1) is 0 Å². The Bertz CT molecular complexity index is 730. The van der Waals surface area contributed by atoms with Crippen LogP contribution in [0.2, 0.25) is 0 Å². The Hall–Kier alpha value is -2.45. The fourth-order valence-corrected chi connectivity index (χ4v) is 3.27. The fraction of sp³-hybridized carbons (Fsp3) is 0.550. The number of amides is 2. The Kier molecular flexibility index (Phi) is 6.00. The lowest BCUT2D eigenvalue weighted by Gasteiger charge is -2.47. The molecular weight excluding hydrogens is 364 g/mol. The Balaban J connectivity index is 1.61. The van der Waals surface area contributed by atoms with Crippen molar-refractivity contribution in [3.05, 3.63) is 35.9 Å². The van der Waals surface area contributed by atoms with Crippen LogP contribution in [0.3, 0.4) is 0 Å². The predicted molar refractivity (Wildman–Crippen MR) is 99.3 cm³/mol. The van der Waals surface area contributed by atoms with Gasteiger partial charge in [-0.05, 0) is 26.3 Å². The molecule has 8 nitrogen and oxygen atoms in total. The predicted octanol–water partition coefficient (Wildman–Crippen LogP) is 1.58. The number of rotatable bonds is 4. The van der Waals surface area contributed by atoms with Crippen LogP contribution in [-0.2, 0) is 30.4 Å². The summed E-state index contributed by atoms with van der Waals surface area (Å²) in [5.74, 6) is -0.833. The molecule has 28 heavy (non-hydrogen) atoms. The Morgan fingerprint density at radius 1 is 1.18 bits per heavy atom. The quantitative estimate of drug-likeness (QED) is 0.722. The van der Waals surface area contributed by atoms with Gasteiger partial charge in [0, 0.05) is 6.54 Å². The minimum atomic E-state index is -0.704. The molecule has 0 aliphatic carbocycles. The summed E-state index contributed by atoms with van der Waals surface area (Å²) in [6.07, 6.45) is -0.666. The van der Waals surface area contributed by atoms with E-state index in [0.717, 1.165) is 10.5 Å². The van der Waals surface area contributed by atoms with Gasteiger partial charge in [0.15, 0.2) is 0 Å². The number of nitrogens with zero attached hydrogens (tertiary/aromatic N) is 2. The van der Waals surface area contributed by atoms with Gasteiger partial charge in [-0.2, -0.15) is 0 Å². The molecule has 1 aromatic rings. The molecule has 0 saturated carbocycles. The van der Waals surface area contributed by atoms with E-state index in [0.29, 0.717) is 6.61 Å². The number of imide groups is 1. The van der Waals surface area contributed by atoms with Crippen LogP contribution < -0.4 is 0 Å². The van der Waals surface area contributed by atoms with Crippen molar-refractivity contribution in [3.63, 3.8) is 0 Å². The van der Waals surface area contributed by atoms with Crippen molar-refractivity contribution in [2.75, 3.05) is 26.3 Å². The molecule has 0 aromatic heterocycles. The highest BCUT2D eigenvalue weighted by atomic mass is 16.6. The Morgan fingerprint density at radius 2 is 1.89 bits per heavy atom. The minimum Gasteiger partial charge on any atom is -0.460 e. The van der Waals surface area contributed by atoms with Gasteiger partial charge in [0.2, 0.25) is 0 Å². The van der Waals surface area contributed by atoms with Crippen LogP contribution in [-0.4, -0.2) is 71.8 Å². The number of hydrogen-bond donors (Lipinski definition) is 0. The zero-order chi connectivity index (χ0) is 20.3. The zero-order valence-corrected chi connectivity index (χ0v) is 16.4. The molecule has 1 aromatic carbocycles. The lowest BCUT2D eigenvalue weighted by atomic mass is 10.0. The smallest absolute Gasteiger partial charge is 0.417 e. The van der Waals surface area contributed by atoms with Gasteiger partial charge in [0.25, 0.3) is 5.91 Å². The van der Waals surface area contributed by atoms with Crippen molar-refractivity contribution in [2.24, 2.45) is 0 Å². The molecule has 2 bridgehead atoms. The van der Waals surface area contributed by atoms with E-state index >= 15 is 0 Å². The van der Waals surface area contributed by atoms with E-state index in [1.54, 1.807) is 25.7 Å². The second-order valence-corrected chi connectivity index (χ2v) is 7.95. The monoisotopic (exact) mass is 390 g/mol. The van der Waals surface area contributed by atoms with Crippen molar-refractivity contribution < 1.29 is 28.6 Å². The van der Waals surface area contributed by atoms with E-state index < -0.39 is 29.6 Å². The zero-order valence-electron chi connectivity index (χ0n) is 16.4. The Morgan fingerprint density at radius 3 is 2.57 bits per heavy atom. The number of piperazine rings is 1. The summed E-state index contributed by atoms with van der Waals surface area (Å²) in [4.78, 5) is 40.3. The number of benzene rings is 1. The third kappa shape index (κ3) is 4.88. The molecule has 2 atom stereocenters. The van der Waals surface area contributed by atoms with Gasteiger partial charge in [0.05, 0.1) is 25.8 Å². The molecule has 3 rings (SSSR count). The van der Waals surface area contributed by atoms with Gasteiger partial charge in [-0.3, -0.25) is 14.5 Å². The van der Waals surface area contributed by atoms with Crippen molar-refractivity contribution in [2.45, 2.75) is 45.1 Å².